The van der Waals surface area contributed by atoms with Crippen LogP contribution in [0, 0.1) is 5.41 Å². The highest BCUT2D eigenvalue weighted by atomic mass is 16.7. The SMILES string of the molecule is O=C(COc1ccccc1)NCCCC1(C2OCCO2)CCOCC1. The van der Waals surface area contributed by atoms with Crippen LogP contribution in [-0.4, -0.2) is 51.8 Å². The van der Waals surface area contributed by atoms with Gasteiger partial charge in [-0.1, -0.05) is 18.2 Å². The number of benzene rings is 1. The van der Waals surface area contributed by atoms with Crippen LogP contribution in [0.2, 0.25) is 0 Å². The van der Waals surface area contributed by atoms with Crippen molar-refractivity contribution in [2.24, 2.45) is 5.41 Å². The molecule has 1 aromatic carbocycles. The van der Waals surface area contributed by atoms with Crippen molar-refractivity contribution in [3.05, 3.63) is 30.3 Å². The van der Waals surface area contributed by atoms with Crippen molar-refractivity contribution in [2.45, 2.75) is 32.0 Å². The summed E-state index contributed by atoms with van der Waals surface area (Å²) in [7, 11) is 0. The van der Waals surface area contributed by atoms with E-state index in [2.05, 4.69) is 5.32 Å². The van der Waals surface area contributed by atoms with Gasteiger partial charge < -0.3 is 24.3 Å². The summed E-state index contributed by atoms with van der Waals surface area (Å²) in [6.45, 7) is 3.51. The fourth-order valence-corrected chi connectivity index (χ4v) is 3.48. The molecule has 0 radical (unpaired) electrons. The molecule has 138 valence electrons. The van der Waals surface area contributed by atoms with Gasteiger partial charge in [-0.2, -0.15) is 0 Å². The van der Waals surface area contributed by atoms with Crippen LogP contribution in [0.3, 0.4) is 0 Å². The smallest absolute Gasteiger partial charge is 0.257 e. The quantitative estimate of drug-likeness (QED) is 0.729. The lowest BCUT2D eigenvalue weighted by molar-refractivity contribution is -0.168. The fraction of sp³-hybridized carbons (Fsp3) is 0.632. The molecule has 0 unspecified atom stereocenters. The van der Waals surface area contributed by atoms with Crippen LogP contribution in [0.5, 0.6) is 5.75 Å². The zero-order valence-electron chi connectivity index (χ0n) is 14.6. The molecule has 2 aliphatic heterocycles. The molecule has 2 saturated heterocycles. The van der Waals surface area contributed by atoms with Crippen molar-refractivity contribution >= 4 is 5.91 Å². The van der Waals surface area contributed by atoms with Crippen LogP contribution in [0.15, 0.2) is 30.3 Å². The molecule has 0 spiro atoms. The maximum Gasteiger partial charge on any atom is 0.257 e. The van der Waals surface area contributed by atoms with E-state index < -0.39 is 0 Å². The molecule has 0 aliphatic carbocycles. The minimum absolute atomic E-state index is 0.0139. The van der Waals surface area contributed by atoms with Crippen LogP contribution in [0.1, 0.15) is 25.7 Å². The van der Waals surface area contributed by atoms with E-state index in [0.29, 0.717) is 25.5 Å². The van der Waals surface area contributed by atoms with Crippen LogP contribution >= 0.6 is 0 Å². The number of nitrogens with one attached hydrogen (secondary N) is 1. The Hall–Kier alpha value is -1.63. The van der Waals surface area contributed by atoms with Crippen LogP contribution in [0.4, 0.5) is 0 Å². The number of carbonyl (C=O) groups excluding carboxylic acids is 1. The second kappa shape index (κ2) is 9.17. The van der Waals surface area contributed by atoms with Crippen molar-refractivity contribution < 1.29 is 23.7 Å². The summed E-state index contributed by atoms with van der Waals surface area (Å²) >= 11 is 0. The second-order valence-electron chi connectivity index (χ2n) is 6.60. The van der Waals surface area contributed by atoms with Crippen LogP contribution < -0.4 is 10.1 Å². The van der Waals surface area contributed by atoms with Gasteiger partial charge in [-0.15, -0.1) is 0 Å². The Labute approximate surface area is 148 Å². The lowest BCUT2D eigenvalue weighted by Crippen LogP contribution is -2.42. The highest BCUT2D eigenvalue weighted by molar-refractivity contribution is 5.77. The lowest BCUT2D eigenvalue weighted by Gasteiger charge is -2.40. The molecule has 2 aliphatic rings. The maximum absolute atomic E-state index is 11.9. The number of para-hydroxylation sites is 1. The number of ether oxygens (including phenoxy) is 4. The maximum atomic E-state index is 11.9. The van der Waals surface area contributed by atoms with Gasteiger partial charge in [0.15, 0.2) is 12.9 Å². The normalized spacial score (nSPS) is 20.3. The summed E-state index contributed by atoms with van der Waals surface area (Å²) in [5.41, 5.74) is 0.0139. The average Bonchev–Trinajstić information content (AvgIpc) is 3.21. The number of hydrogen-bond donors (Lipinski definition) is 1. The fourth-order valence-electron chi connectivity index (χ4n) is 3.48. The van der Waals surface area contributed by atoms with Crippen molar-refractivity contribution in [2.75, 3.05) is 39.6 Å². The minimum Gasteiger partial charge on any atom is -0.484 e. The highest BCUT2D eigenvalue weighted by Crippen LogP contribution is 2.42. The van der Waals surface area contributed by atoms with Gasteiger partial charge in [0.05, 0.1) is 13.2 Å². The third kappa shape index (κ3) is 5.17. The van der Waals surface area contributed by atoms with Gasteiger partial charge in [0.1, 0.15) is 5.75 Å². The van der Waals surface area contributed by atoms with Crippen molar-refractivity contribution in [3.8, 4) is 5.75 Å². The molecule has 6 heteroatoms. The number of amides is 1. The Morgan fingerprint density at radius 3 is 2.56 bits per heavy atom. The number of hydrogen-bond acceptors (Lipinski definition) is 5. The average molecular weight is 349 g/mol. The van der Waals surface area contributed by atoms with Gasteiger partial charge in [-0.3, -0.25) is 4.79 Å². The van der Waals surface area contributed by atoms with E-state index in [0.717, 1.165) is 38.9 Å². The molecule has 1 N–H and O–H groups in total. The molecule has 25 heavy (non-hydrogen) atoms. The molecule has 0 atom stereocenters. The van der Waals surface area contributed by atoms with Crippen molar-refractivity contribution in [3.63, 3.8) is 0 Å². The first-order valence-electron chi connectivity index (χ1n) is 9.04. The highest BCUT2D eigenvalue weighted by Gasteiger charge is 2.43. The molecule has 0 aromatic heterocycles. The lowest BCUT2D eigenvalue weighted by atomic mass is 9.75. The molecule has 2 heterocycles. The van der Waals surface area contributed by atoms with E-state index in [9.17, 15) is 4.79 Å². The number of carbonyl (C=O) groups is 1. The van der Waals surface area contributed by atoms with Gasteiger partial charge in [0.2, 0.25) is 0 Å². The summed E-state index contributed by atoms with van der Waals surface area (Å²) in [4.78, 5) is 11.9. The Bertz CT molecular complexity index is 524. The van der Waals surface area contributed by atoms with E-state index in [4.69, 9.17) is 18.9 Å². The Morgan fingerprint density at radius 2 is 1.84 bits per heavy atom. The van der Waals surface area contributed by atoms with Gasteiger partial charge in [-0.25, -0.2) is 0 Å². The summed E-state index contributed by atoms with van der Waals surface area (Å²) in [5.74, 6) is 0.604. The molecule has 2 fully saturated rings. The zero-order valence-corrected chi connectivity index (χ0v) is 14.6. The molecule has 0 bridgehead atoms. The summed E-state index contributed by atoms with van der Waals surface area (Å²) in [5, 5.41) is 2.92. The molecule has 1 aromatic rings. The largest absolute Gasteiger partial charge is 0.484 e. The van der Waals surface area contributed by atoms with Gasteiger partial charge in [-0.05, 0) is 37.8 Å². The summed E-state index contributed by atoms with van der Waals surface area (Å²) in [6.07, 6.45) is 3.61. The minimum atomic E-state index is -0.131. The predicted molar refractivity (Wildman–Crippen MR) is 92.4 cm³/mol. The van der Waals surface area contributed by atoms with Crippen LogP contribution in [-0.2, 0) is 19.0 Å². The third-order valence-electron chi connectivity index (χ3n) is 4.90. The third-order valence-corrected chi connectivity index (χ3v) is 4.90. The monoisotopic (exact) mass is 349 g/mol. The summed E-state index contributed by atoms with van der Waals surface area (Å²) < 4.78 is 22.5. The van der Waals surface area contributed by atoms with Gasteiger partial charge >= 0.3 is 0 Å². The molecule has 6 nitrogen and oxygen atoms in total. The Kier molecular flexibility index (Phi) is 6.67. The van der Waals surface area contributed by atoms with E-state index in [1.165, 1.54) is 0 Å². The van der Waals surface area contributed by atoms with E-state index in [1.807, 2.05) is 30.3 Å². The Balaban J connectivity index is 1.38. The molecule has 1 amide bonds. The molecular weight excluding hydrogens is 322 g/mol. The molecule has 0 saturated carbocycles. The van der Waals surface area contributed by atoms with E-state index in [-0.39, 0.29) is 24.2 Å². The van der Waals surface area contributed by atoms with E-state index >= 15 is 0 Å². The molecular formula is C19H27NO5. The van der Waals surface area contributed by atoms with Crippen LogP contribution in [0.25, 0.3) is 0 Å². The second-order valence-corrected chi connectivity index (χ2v) is 6.60. The predicted octanol–water partition coefficient (Wildman–Crippen LogP) is 2.13. The van der Waals surface area contributed by atoms with Gasteiger partial charge in [0.25, 0.3) is 5.91 Å². The number of rotatable bonds is 8. The Morgan fingerprint density at radius 1 is 1.12 bits per heavy atom. The standard InChI is InChI=1S/C19H27NO5/c21-17(15-25-16-5-2-1-3-6-16)20-10-4-7-19(8-11-22-12-9-19)18-23-13-14-24-18/h1-3,5-6,18H,4,7-15H2,(H,20,21). The van der Waals surface area contributed by atoms with Crippen molar-refractivity contribution in [1.29, 1.82) is 0 Å². The molecule has 3 rings (SSSR count). The zero-order chi connectivity index (χ0) is 17.4. The van der Waals surface area contributed by atoms with E-state index in [1.54, 1.807) is 0 Å². The first-order valence-corrected chi connectivity index (χ1v) is 9.04. The van der Waals surface area contributed by atoms with Crippen molar-refractivity contribution in [1.82, 2.24) is 5.32 Å². The summed E-state index contributed by atoms with van der Waals surface area (Å²) in [6, 6.07) is 9.35. The first-order chi connectivity index (χ1) is 12.3. The topological polar surface area (TPSA) is 66.0 Å². The first kappa shape index (κ1) is 18.2. The van der Waals surface area contributed by atoms with Gasteiger partial charge in [0, 0.05) is 25.2 Å².